The van der Waals surface area contributed by atoms with Crippen molar-refractivity contribution in [1.29, 1.82) is 0 Å². The first kappa shape index (κ1) is 31.1. The molecule has 4 atom stereocenters. The molecule has 1 aromatic rings. The summed E-state index contributed by atoms with van der Waals surface area (Å²) in [7, 11) is 1.38. The second-order valence-corrected chi connectivity index (χ2v) is 10.0. The lowest BCUT2D eigenvalue weighted by molar-refractivity contribution is -0.193. The van der Waals surface area contributed by atoms with Crippen molar-refractivity contribution in [3.05, 3.63) is 17.8 Å². The molecule has 0 spiro atoms. The Morgan fingerprint density at radius 1 is 1.24 bits per heavy atom. The average molecular weight is 599 g/mol. The van der Waals surface area contributed by atoms with Gasteiger partial charge in [0.1, 0.15) is 0 Å². The topological polar surface area (TPSA) is 117 Å². The maximum Gasteiger partial charge on any atom is 0.418 e. The highest BCUT2D eigenvalue weighted by Gasteiger charge is 2.51. The molecular weight excluding hydrogens is 566 g/mol. The zero-order chi connectivity index (χ0) is 29.8. The number of halogens is 6. The van der Waals surface area contributed by atoms with Crippen LogP contribution < -0.4 is 25.8 Å². The van der Waals surface area contributed by atoms with Crippen LogP contribution >= 0.6 is 0 Å². The molecule has 0 aliphatic carbocycles. The zero-order valence-electron chi connectivity index (χ0n) is 22.2. The molecule has 0 saturated carbocycles. The number of ether oxygens (including phenoxy) is 3. The predicted octanol–water partition coefficient (Wildman–Crippen LogP) is 1.09. The third-order valence-electron chi connectivity index (χ3n) is 7.14. The normalized spacial score (nSPS) is 24.1. The van der Waals surface area contributed by atoms with Crippen molar-refractivity contribution in [2.75, 3.05) is 64.6 Å². The molecule has 2 saturated heterocycles. The third kappa shape index (κ3) is 7.69. The van der Waals surface area contributed by atoms with E-state index in [2.05, 4.69) is 15.7 Å². The van der Waals surface area contributed by atoms with E-state index in [4.69, 9.17) is 14.2 Å². The molecule has 4 rings (SSSR count). The van der Waals surface area contributed by atoms with E-state index < -0.39 is 41.8 Å². The molecule has 2 unspecified atom stereocenters. The highest BCUT2D eigenvalue weighted by atomic mass is 19.4. The molecule has 3 aliphatic rings. The van der Waals surface area contributed by atoms with Crippen LogP contribution in [0.1, 0.15) is 18.4 Å². The van der Waals surface area contributed by atoms with Gasteiger partial charge < -0.3 is 29.3 Å². The molecule has 2 amide bonds. The number of hydrazine groups is 1. The van der Waals surface area contributed by atoms with Crippen LogP contribution in [0.4, 0.5) is 32.2 Å². The minimum Gasteiger partial charge on any atom is -0.490 e. The van der Waals surface area contributed by atoms with Gasteiger partial charge in [-0.05, 0) is 6.07 Å². The number of alkyl halides is 6. The molecule has 4 heterocycles. The molecule has 11 nitrogen and oxygen atoms in total. The summed E-state index contributed by atoms with van der Waals surface area (Å²) in [5, 5.41) is 2.78. The predicted molar refractivity (Wildman–Crippen MR) is 131 cm³/mol. The molecule has 0 bridgehead atoms. The smallest absolute Gasteiger partial charge is 0.418 e. The van der Waals surface area contributed by atoms with Crippen molar-refractivity contribution < 1.29 is 50.1 Å². The highest BCUT2D eigenvalue weighted by Crippen LogP contribution is 2.38. The van der Waals surface area contributed by atoms with Gasteiger partial charge >= 0.3 is 12.4 Å². The van der Waals surface area contributed by atoms with Gasteiger partial charge in [-0.3, -0.25) is 15.0 Å². The number of piperazine rings is 1. The van der Waals surface area contributed by atoms with Gasteiger partial charge in [-0.15, -0.1) is 0 Å². The van der Waals surface area contributed by atoms with E-state index in [1.165, 1.54) is 7.11 Å². The van der Waals surface area contributed by atoms with Crippen molar-refractivity contribution in [3.63, 3.8) is 0 Å². The number of nitrogens with zero attached hydrogens (tertiary/aromatic N) is 3. The summed E-state index contributed by atoms with van der Waals surface area (Å²) < 4.78 is 95.7. The number of carbonyl (C=O) groups is 2. The van der Waals surface area contributed by atoms with Crippen molar-refractivity contribution in [3.8, 4) is 5.75 Å². The molecule has 3 aliphatic heterocycles. The second-order valence-electron chi connectivity index (χ2n) is 10.0. The lowest BCUT2D eigenvalue weighted by Gasteiger charge is -2.41. The summed E-state index contributed by atoms with van der Waals surface area (Å²) in [5.74, 6) is -3.26. The fraction of sp³-hybridized carbons (Fsp3) is 0.708. The summed E-state index contributed by atoms with van der Waals surface area (Å²) in [6, 6.07) is -1.17. The monoisotopic (exact) mass is 598 g/mol. The number of fused-ring (bicyclic) bond motifs is 3. The van der Waals surface area contributed by atoms with E-state index in [1.54, 1.807) is 4.90 Å². The minimum absolute atomic E-state index is 0.00539. The van der Waals surface area contributed by atoms with Crippen LogP contribution in [0.5, 0.6) is 5.75 Å². The molecule has 0 radical (unpaired) electrons. The number of amides is 2. The van der Waals surface area contributed by atoms with Gasteiger partial charge in [0.25, 0.3) is 0 Å². The van der Waals surface area contributed by atoms with Crippen molar-refractivity contribution in [1.82, 2.24) is 26.1 Å². The maximum atomic E-state index is 13.4. The van der Waals surface area contributed by atoms with Crippen LogP contribution in [-0.2, 0) is 25.2 Å². The number of rotatable bonds is 9. The Labute approximate surface area is 231 Å². The van der Waals surface area contributed by atoms with Gasteiger partial charge in [-0.2, -0.15) is 26.3 Å². The van der Waals surface area contributed by atoms with Crippen molar-refractivity contribution >= 4 is 17.6 Å². The first-order valence-corrected chi connectivity index (χ1v) is 13.0. The minimum atomic E-state index is -4.74. The quantitative estimate of drug-likeness (QED) is 0.284. The van der Waals surface area contributed by atoms with Crippen molar-refractivity contribution in [2.24, 2.45) is 5.92 Å². The summed E-state index contributed by atoms with van der Waals surface area (Å²) in [6.45, 7) is 0.984. The summed E-state index contributed by atoms with van der Waals surface area (Å²) in [4.78, 5) is 32.2. The number of carbonyl (C=O) groups excluding carboxylic acids is 2. The van der Waals surface area contributed by atoms with E-state index in [1.807, 2.05) is 10.3 Å². The van der Waals surface area contributed by atoms with Crippen LogP contribution in [0.2, 0.25) is 0 Å². The first-order chi connectivity index (χ1) is 19.4. The van der Waals surface area contributed by atoms with Crippen LogP contribution in [0.15, 0.2) is 12.3 Å². The van der Waals surface area contributed by atoms with E-state index in [0.717, 1.165) is 12.3 Å². The number of anilines is 1. The average Bonchev–Trinajstić information content (AvgIpc) is 3.08. The number of aromatic nitrogens is 1. The van der Waals surface area contributed by atoms with Gasteiger partial charge in [-0.25, -0.2) is 10.4 Å². The second kappa shape index (κ2) is 13.0. The maximum absolute atomic E-state index is 13.4. The molecular formula is C24H32F6N6O5. The Hall–Kier alpha value is -2.89. The highest BCUT2D eigenvalue weighted by molar-refractivity contribution is 5.80. The largest absolute Gasteiger partial charge is 0.490 e. The zero-order valence-corrected chi connectivity index (χ0v) is 22.2. The van der Waals surface area contributed by atoms with Gasteiger partial charge in [0, 0.05) is 51.9 Å². The molecule has 230 valence electrons. The first-order valence-electron chi connectivity index (χ1n) is 13.0. The van der Waals surface area contributed by atoms with Crippen LogP contribution in [-0.4, -0.2) is 106 Å². The van der Waals surface area contributed by atoms with Crippen LogP contribution in [0.25, 0.3) is 0 Å². The number of pyridine rings is 1. The van der Waals surface area contributed by atoms with E-state index in [0.29, 0.717) is 31.9 Å². The van der Waals surface area contributed by atoms with E-state index >= 15 is 0 Å². The molecule has 3 N–H and O–H groups in total. The van der Waals surface area contributed by atoms with Crippen molar-refractivity contribution in [2.45, 2.75) is 43.3 Å². The number of hydrogen-bond acceptors (Lipinski definition) is 9. The lowest BCUT2D eigenvalue weighted by Crippen LogP contribution is -2.65. The van der Waals surface area contributed by atoms with Crippen LogP contribution in [0, 0.1) is 5.92 Å². The SMILES string of the molecule is COC[C@@H](COCCC(=O)N1CCN2c3ncc(C(F)(F)F)cc3OCC[C@H]2C1)NC1CNNC(=O)C1C(F)(F)F. The molecule has 2 fully saturated rings. The molecule has 1 aromatic heterocycles. The molecule has 17 heteroatoms. The van der Waals surface area contributed by atoms with Crippen LogP contribution in [0.3, 0.4) is 0 Å². The Bertz CT molecular complexity index is 1080. The van der Waals surface area contributed by atoms with E-state index in [9.17, 15) is 35.9 Å². The molecule has 41 heavy (non-hydrogen) atoms. The Kier molecular flexibility index (Phi) is 9.81. The Balaban J connectivity index is 1.26. The Morgan fingerprint density at radius 3 is 2.73 bits per heavy atom. The van der Waals surface area contributed by atoms with E-state index in [-0.39, 0.29) is 57.1 Å². The summed E-state index contributed by atoms with van der Waals surface area (Å²) in [5.41, 5.74) is 3.54. The van der Waals surface area contributed by atoms with Gasteiger partial charge in [0.05, 0.1) is 50.5 Å². The third-order valence-corrected chi connectivity index (χ3v) is 7.14. The fourth-order valence-corrected chi connectivity index (χ4v) is 5.18. The fourth-order valence-electron chi connectivity index (χ4n) is 5.18. The number of nitrogens with one attached hydrogen (secondary N) is 3. The summed E-state index contributed by atoms with van der Waals surface area (Å²) in [6.07, 6.45) is -8.01. The van der Waals surface area contributed by atoms with Gasteiger partial charge in [-0.1, -0.05) is 0 Å². The number of hydrogen-bond donors (Lipinski definition) is 3. The standard InChI is InChI=1S/C24H32F6N6O5/c1-39-12-15(33-17-10-32-34-22(38)20(17)24(28,29)30)13-40-6-3-19(37)35-4-5-36-16(11-35)2-7-41-18-8-14(23(25,26)27)9-31-21(18)36/h8-9,15-17,20,32-33H,2-7,10-13H2,1H3,(H,34,38)/t15-,16-,17?,20?/m0/s1. The summed E-state index contributed by atoms with van der Waals surface area (Å²) >= 11 is 0. The molecule has 0 aromatic carbocycles. The van der Waals surface area contributed by atoms with Gasteiger partial charge in [0.15, 0.2) is 17.5 Å². The lowest BCUT2D eigenvalue weighted by atomic mass is 9.96. The number of methoxy groups -OCH3 is 1. The Morgan fingerprint density at radius 2 is 2.02 bits per heavy atom. The van der Waals surface area contributed by atoms with Gasteiger partial charge in [0.2, 0.25) is 11.8 Å².